The number of anilines is 1. The third-order valence-electron chi connectivity index (χ3n) is 2.28. The molecule has 0 spiro atoms. The lowest BCUT2D eigenvalue weighted by molar-refractivity contribution is -0.118. The van der Waals surface area contributed by atoms with E-state index in [1.807, 2.05) is 0 Å². The molecule has 1 rings (SSSR count). The average Bonchev–Trinajstić information content (AvgIpc) is 2.21. The van der Waals surface area contributed by atoms with E-state index < -0.39 is 29.3 Å². The summed E-state index contributed by atoms with van der Waals surface area (Å²) >= 11 is 2.95. The summed E-state index contributed by atoms with van der Waals surface area (Å²) in [5, 5.41) is 2.15. The summed E-state index contributed by atoms with van der Waals surface area (Å²) in [5.41, 5.74) is 5.09. The molecule has 3 nitrogen and oxygen atoms in total. The van der Waals surface area contributed by atoms with Crippen molar-refractivity contribution >= 4 is 27.5 Å². The minimum Gasteiger partial charge on any atom is -0.320 e. The molecule has 0 aliphatic rings. The first-order chi connectivity index (χ1) is 7.82. The quantitative estimate of drug-likeness (QED) is 0.902. The van der Waals surface area contributed by atoms with Crippen LogP contribution < -0.4 is 11.1 Å². The van der Waals surface area contributed by atoms with Crippen molar-refractivity contribution in [1.82, 2.24) is 0 Å². The van der Waals surface area contributed by atoms with E-state index in [2.05, 4.69) is 21.2 Å². The van der Waals surface area contributed by atoms with Crippen LogP contribution in [0.4, 0.5) is 14.5 Å². The molecule has 0 unspecified atom stereocenters. The smallest absolute Gasteiger partial charge is 0.241 e. The van der Waals surface area contributed by atoms with Crippen molar-refractivity contribution < 1.29 is 13.6 Å². The van der Waals surface area contributed by atoms with Gasteiger partial charge in [0.25, 0.3) is 0 Å². The first-order valence-electron chi connectivity index (χ1n) is 5.04. The average molecular weight is 307 g/mol. The Morgan fingerprint density at radius 2 is 1.82 bits per heavy atom. The van der Waals surface area contributed by atoms with Crippen molar-refractivity contribution in [3.05, 3.63) is 28.2 Å². The van der Waals surface area contributed by atoms with Gasteiger partial charge in [-0.15, -0.1) is 0 Å². The molecule has 0 aromatic heterocycles. The second-order valence-corrected chi connectivity index (χ2v) is 4.92. The van der Waals surface area contributed by atoms with Crippen LogP contribution >= 0.6 is 15.9 Å². The summed E-state index contributed by atoms with van der Waals surface area (Å²) in [7, 11) is 0. The van der Waals surface area contributed by atoms with Crippen LogP contribution in [0.3, 0.4) is 0 Å². The Bertz CT molecular complexity index is 414. The van der Waals surface area contributed by atoms with Crippen molar-refractivity contribution in [1.29, 1.82) is 0 Å². The summed E-state index contributed by atoms with van der Waals surface area (Å²) in [5.74, 6) is -2.42. The molecule has 0 saturated carbocycles. The van der Waals surface area contributed by atoms with Crippen LogP contribution in [0.2, 0.25) is 0 Å². The fraction of sp³-hybridized carbons (Fsp3) is 0.364. The van der Waals surface area contributed by atoms with E-state index in [-0.39, 0.29) is 10.4 Å². The standard InChI is InChI=1S/C11H13BrF2N2O/c1-5(2)9(15)11(17)16-10-7(13)3-6(12)4-8(10)14/h3-5,9H,15H2,1-2H3,(H,16,17)/t9-/m0/s1. The molecular weight excluding hydrogens is 294 g/mol. The van der Waals surface area contributed by atoms with Gasteiger partial charge in [0.1, 0.15) is 5.69 Å². The van der Waals surface area contributed by atoms with Gasteiger partial charge in [-0.25, -0.2) is 8.78 Å². The molecule has 0 saturated heterocycles. The predicted molar refractivity (Wildman–Crippen MR) is 65.5 cm³/mol. The zero-order chi connectivity index (χ0) is 13.2. The molecule has 0 radical (unpaired) electrons. The molecule has 0 heterocycles. The van der Waals surface area contributed by atoms with E-state index in [0.29, 0.717) is 0 Å². The summed E-state index contributed by atoms with van der Waals surface area (Å²) in [4.78, 5) is 11.6. The largest absolute Gasteiger partial charge is 0.320 e. The maximum absolute atomic E-state index is 13.4. The van der Waals surface area contributed by atoms with Gasteiger partial charge >= 0.3 is 0 Å². The second kappa shape index (κ2) is 5.55. The monoisotopic (exact) mass is 306 g/mol. The number of rotatable bonds is 3. The van der Waals surface area contributed by atoms with E-state index in [4.69, 9.17) is 5.73 Å². The summed E-state index contributed by atoms with van der Waals surface area (Å²) < 4.78 is 27.1. The number of hydrogen-bond donors (Lipinski definition) is 2. The number of hydrogen-bond acceptors (Lipinski definition) is 2. The second-order valence-electron chi connectivity index (χ2n) is 4.00. The lowest BCUT2D eigenvalue weighted by Gasteiger charge is -2.16. The molecule has 0 aliphatic carbocycles. The Labute approximate surface area is 107 Å². The third-order valence-corrected chi connectivity index (χ3v) is 2.73. The Morgan fingerprint density at radius 1 is 1.35 bits per heavy atom. The van der Waals surface area contributed by atoms with Gasteiger partial charge < -0.3 is 11.1 Å². The summed E-state index contributed by atoms with van der Waals surface area (Å²) in [6, 6.07) is 1.33. The number of carbonyl (C=O) groups is 1. The fourth-order valence-corrected chi connectivity index (χ4v) is 1.57. The van der Waals surface area contributed by atoms with Gasteiger partial charge in [-0.1, -0.05) is 29.8 Å². The van der Waals surface area contributed by atoms with Crippen LogP contribution in [-0.4, -0.2) is 11.9 Å². The highest BCUT2D eigenvalue weighted by Gasteiger charge is 2.20. The van der Waals surface area contributed by atoms with Gasteiger partial charge in [0.05, 0.1) is 6.04 Å². The van der Waals surface area contributed by atoms with Crippen LogP contribution in [0.15, 0.2) is 16.6 Å². The number of nitrogens with two attached hydrogens (primary N) is 1. The minimum atomic E-state index is -0.846. The summed E-state index contributed by atoms with van der Waals surface area (Å²) in [6.07, 6.45) is 0. The molecule has 1 atom stereocenters. The Hall–Kier alpha value is -1.01. The number of benzene rings is 1. The molecule has 6 heteroatoms. The zero-order valence-electron chi connectivity index (χ0n) is 9.43. The zero-order valence-corrected chi connectivity index (χ0v) is 11.0. The molecule has 1 amide bonds. The normalized spacial score (nSPS) is 12.6. The number of halogens is 3. The highest BCUT2D eigenvalue weighted by Crippen LogP contribution is 2.24. The highest BCUT2D eigenvalue weighted by atomic mass is 79.9. The third kappa shape index (κ3) is 3.47. The Morgan fingerprint density at radius 3 is 2.24 bits per heavy atom. The number of nitrogens with one attached hydrogen (secondary N) is 1. The van der Waals surface area contributed by atoms with Crippen molar-refractivity contribution in [2.45, 2.75) is 19.9 Å². The van der Waals surface area contributed by atoms with E-state index in [1.54, 1.807) is 13.8 Å². The van der Waals surface area contributed by atoms with Crippen molar-refractivity contribution in [3.63, 3.8) is 0 Å². The minimum absolute atomic E-state index is 0.114. The number of carbonyl (C=O) groups excluding carboxylic acids is 1. The van der Waals surface area contributed by atoms with E-state index in [0.717, 1.165) is 12.1 Å². The van der Waals surface area contributed by atoms with Gasteiger partial charge in [0, 0.05) is 4.47 Å². The van der Waals surface area contributed by atoms with Crippen molar-refractivity contribution in [2.75, 3.05) is 5.32 Å². The van der Waals surface area contributed by atoms with Gasteiger partial charge in [-0.05, 0) is 18.1 Å². The first kappa shape index (κ1) is 14.1. The molecule has 0 aliphatic heterocycles. The Balaban J connectivity index is 2.93. The lowest BCUT2D eigenvalue weighted by Crippen LogP contribution is -2.40. The molecular formula is C11H13BrF2N2O. The maximum Gasteiger partial charge on any atom is 0.241 e. The topological polar surface area (TPSA) is 55.1 Å². The molecule has 0 fully saturated rings. The molecule has 17 heavy (non-hydrogen) atoms. The van der Waals surface area contributed by atoms with E-state index >= 15 is 0 Å². The lowest BCUT2D eigenvalue weighted by atomic mass is 10.0. The van der Waals surface area contributed by atoms with E-state index in [1.165, 1.54) is 0 Å². The maximum atomic E-state index is 13.4. The van der Waals surface area contributed by atoms with Gasteiger partial charge in [0.15, 0.2) is 11.6 Å². The summed E-state index contributed by atoms with van der Waals surface area (Å²) in [6.45, 7) is 3.50. The van der Waals surface area contributed by atoms with Crippen LogP contribution in [-0.2, 0) is 4.79 Å². The van der Waals surface area contributed by atoms with Crippen molar-refractivity contribution in [3.8, 4) is 0 Å². The molecule has 0 bridgehead atoms. The van der Waals surface area contributed by atoms with Crippen LogP contribution in [0.5, 0.6) is 0 Å². The number of amides is 1. The molecule has 94 valence electrons. The Kier molecular flexibility index (Phi) is 4.59. The van der Waals surface area contributed by atoms with Gasteiger partial charge in [-0.2, -0.15) is 0 Å². The first-order valence-corrected chi connectivity index (χ1v) is 5.83. The molecule has 3 N–H and O–H groups in total. The van der Waals surface area contributed by atoms with Crippen LogP contribution in [0.1, 0.15) is 13.8 Å². The SMILES string of the molecule is CC(C)[C@H](N)C(=O)Nc1c(F)cc(Br)cc1F. The van der Waals surface area contributed by atoms with Crippen LogP contribution in [0.25, 0.3) is 0 Å². The van der Waals surface area contributed by atoms with Crippen LogP contribution in [0, 0.1) is 17.6 Å². The van der Waals surface area contributed by atoms with Crippen molar-refractivity contribution in [2.24, 2.45) is 11.7 Å². The fourth-order valence-electron chi connectivity index (χ4n) is 1.17. The molecule has 1 aromatic rings. The predicted octanol–water partition coefficient (Wildman–Crippen LogP) is 2.65. The van der Waals surface area contributed by atoms with Gasteiger partial charge in [0.2, 0.25) is 5.91 Å². The molecule has 1 aromatic carbocycles. The highest BCUT2D eigenvalue weighted by molar-refractivity contribution is 9.10. The van der Waals surface area contributed by atoms with E-state index in [9.17, 15) is 13.6 Å². The van der Waals surface area contributed by atoms with Gasteiger partial charge in [-0.3, -0.25) is 4.79 Å².